The number of esters is 1. The Morgan fingerprint density at radius 3 is 2.24 bits per heavy atom. The second-order valence-corrected chi connectivity index (χ2v) is 6.65. The van der Waals surface area contributed by atoms with Crippen LogP contribution in [0, 0.1) is 0 Å². The number of hydrogen-bond acceptors (Lipinski definition) is 4. The van der Waals surface area contributed by atoms with Gasteiger partial charge in [0.05, 0.1) is 12.3 Å². The molecular weight excluding hydrogens is 368 g/mol. The lowest BCUT2D eigenvalue weighted by Crippen LogP contribution is -2.21. The predicted octanol–water partition coefficient (Wildman–Crippen LogP) is 3.29. The quantitative estimate of drug-likeness (QED) is 0.416. The lowest BCUT2D eigenvalue weighted by atomic mass is 9.90. The van der Waals surface area contributed by atoms with Crippen LogP contribution in [0.3, 0.4) is 0 Å². The maximum atomic E-state index is 12.4. The van der Waals surface area contributed by atoms with Gasteiger partial charge >= 0.3 is 5.97 Å². The normalized spacial score (nSPS) is 11.9. The Balaban J connectivity index is 0.000000438. The molecule has 7 nitrogen and oxygen atoms in total. The fourth-order valence-electron chi connectivity index (χ4n) is 3.05. The number of benzene rings is 2. The van der Waals surface area contributed by atoms with Crippen molar-refractivity contribution in [3.63, 3.8) is 0 Å². The monoisotopic (exact) mass is 396 g/mol. The number of rotatable bonds is 4. The van der Waals surface area contributed by atoms with Gasteiger partial charge in [-0.15, -0.1) is 0 Å². The summed E-state index contributed by atoms with van der Waals surface area (Å²) in [5.74, 6) is -0.304. The molecule has 154 valence electrons. The molecule has 0 saturated heterocycles. The maximum absolute atomic E-state index is 12.4. The third-order valence-corrected chi connectivity index (χ3v) is 4.34. The third kappa shape index (κ3) is 7.29. The number of aryl methyl sites for hydroxylation is 2. The molecule has 0 unspecified atom stereocenters. The van der Waals surface area contributed by atoms with E-state index in [1.807, 2.05) is 12.1 Å². The van der Waals surface area contributed by atoms with Gasteiger partial charge < -0.3 is 21.5 Å². The molecule has 0 spiro atoms. The Kier molecular flexibility index (Phi) is 8.21. The highest BCUT2D eigenvalue weighted by Crippen LogP contribution is 2.23. The lowest BCUT2D eigenvalue weighted by molar-refractivity contribution is -0.140. The minimum Gasteiger partial charge on any atom is -0.466 e. The molecule has 5 N–H and O–H groups in total. The zero-order valence-electron chi connectivity index (χ0n) is 16.9. The maximum Gasteiger partial charge on any atom is 0.302 e. The summed E-state index contributed by atoms with van der Waals surface area (Å²) in [6, 6.07) is 13.0. The van der Waals surface area contributed by atoms with Crippen molar-refractivity contribution < 1.29 is 14.3 Å². The van der Waals surface area contributed by atoms with Crippen LogP contribution in [-0.4, -0.2) is 24.4 Å². The number of carbonyl (C=O) groups excluding carboxylic acids is 2. The van der Waals surface area contributed by atoms with E-state index in [1.54, 1.807) is 31.2 Å². The lowest BCUT2D eigenvalue weighted by Gasteiger charge is -2.16. The Labute approximate surface area is 171 Å². The van der Waals surface area contributed by atoms with Crippen molar-refractivity contribution in [3.8, 4) is 0 Å². The Bertz CT molecular complexity index is 872. The first-order chi connectivity index (χ1) is 13.9. The molecule has 0 aromatic heterocycles. The predicted molar refractivity (Wildman–Crippen MR) is 115 cm³/mol. The average molecular weight is 396 g/mol. The van der Waals surface area contributed by atoms with Crippen molar-refractivity contribution in [2.45, 2.75) is 39.5 Å². The molecule has 2 aromatic carbocycles. The van der Waals surface area contributed by atoms with E-state index >= 15 is 0 Å². The molecule has 0 atom stereocenters. The molecule has 1 amide bonds. The summed E-state index contributed by atoms with van der Waals surface area (Å²) in [5.41, 5.74) is 15.4. The van der Waals surface area contributed by atoms with Crippen LogP contribution in [-0.2, 0) is 22.4 Å². The number of nitrogens with one attached hydrogen (secondary N) is 1. The van der Waals surface area contributed by atoms with Gasteiger partial charge in [0.15, 0.2) is 5.96 Å². The van der Waals surface area contributed by atoms with Gasteiger partial charge in [-0.1, -0.05) is 6.07 Å². The van der Waals surface area contributed by atoms with E-state index in [9.17, 15) is 9.59 Å². The van der Waals surface area contributed by atoms with E-state index in [2.05, 4.69) is 21.1 Å². The van der Waals surface area contributed by atoms with Crippen LogP contribution in [0.2, 0.25) is 0 Å². The van der Waals surface area contributed by atoms with Gasteiger partial charge in [0.2, 0.25) is 0 Å². The molecular formula is C22H28N4O3. The van der Waals surface area contributed by atoms with Crippen LogP contribution in [0.5, 0.6) is 0 Å². The third-order valence-electron chi connectivity index (χ3n) is 4.34. The minimum atomic E-state index is -0.211. The number of hydrogen-bond donors (Lipinski definition) is 3. The number of amides is 1. The Morgan fingerprint density at radius 1 is 1.03 bits per heavy atom. The first kappa shape index (κ1) is 21.9. The van der Waals surface area contributed by atoms with Crippen LogP contribution < -0.4 is 16.8 Å². The smallest absolute Gasteiger partial charge is 0.302 e. The van der Waals surface area contributed by atoms with Gasteiger partial charge in [-0.05, 0) is 80.1 Å². The van der Waals surface area contributed by atoms with Crippen molar-refractivity contribution >= 4 is 29.2 Å². The molecule has 3 rings (SSSR count). The standard InChI is InChI=1S/C18H20N4O.C4H8O2/c19-18(20)22-16-9-7-15(8-10-16)21-17(23)14-6-5-12-3-1-2-4-13(12)11-14;1-3-6-4(2)5/h5-11H,1-4H2,(H,21,23)(H4,19,20,22);3H2,1-2H3. The highest BCUT2D eigenvalue weighted by atomic mass is 16.5. The van der Waals surface area contributed by atoms with Gasteiger partial charge in [0.1, 0.15) is 0 Å². The van der Waals surface area contributed by atoms with Crippen molar-refractivity contribution in [3.05, 3.63) is 59.2 Å². The molecule has 0 radical (unpaired) electrons. The molecule has 1 aliphatic rings. The van der Waals surface area contributed by atoms with E-state index < -0.39 is 0 Å². The number of nitrogens with zero attached hydrogens (tertiary/aromatic N) is 1. The molecule has 0 fully saturated rings. The molecule has 0 heterocycles. The van der Waals surface area contributed by atoms with Crippen LogP contribution in [0.4, 0.5) is 11.4 Å². The summed E-state index contributed by atoms with van der Waals surface area (Å²) in [4.78, 5) is 26.2. The Hall–Kier alpha value is -3.35. The van der Waals surface area contributed by atoms with Crippen molar-refractivity contribution in [1.29, 1.82) is 0 Å². The van der Waals surface area contributed by atoms with E-state index in [0.717, 1.165) is 12.8 Å². The van der Waals surface area contributed by atoms with Crippen LogP contribution in [0.25, 0.3) is 0 Å². The van der Waals surface area contributed by atoms with Crippen molar-refractivity contribution in [2.75, 3.05) is 11.9 Å². The number of carbonyl (C=O) groups is 2. The number of ether oxygens (including phenoxy) is 1. The molecule has 0 bridgehead atoms. The molecule has 29 heavy (non-hydrogen) atoms. The molecule has 1 aliphatic carbocycles. The van der Waals surface area contributed by atoms with Gasteiger partial charge in [0.25, 0.3) is 5.91 Å². The van der Waals surface area contributed by atoms with Gasteiger partial charge in [-0.3, -0.25) is 9.59 Å². The molecule has 0 saturated carbocycles. The first-order valence-corrected chi connectivity index (χ1v) is 9.65. The topological polar surface area (TPSA) is 120 Å². The second kappa shape index (κ2) is 10.8. The summed E-state index contributed by atoms with van der Waals surface area (Å²) >= 11 is 0. The first-order valence-electron chi connectivity index (χ1n) is 9.65. The zero-order valence-corrected chi connectivity index (χ0v) is 16.9. The molecule has 0 aliphatic heterocycles. The average Bonchev–Trinajstić information content (AvgIpc) is 2.69. The molecule has 7 heteroatoms. The van der Waals surface area contributed by atoms with Crippen molar-refractivity contribution in [1.82, 2.24) is 0 Å². The minimum absolute atomic E-state index is 0.0100. The number of aliphatic imine (C=N–C) groups is 1. The summed E-state index contributed by atoms with van der Waals surface area (Å²) in [5, 5.41) is 2.90. The molecule has 2 aromatic rings. The Morgan fingerprint density at radius 2 is 1.69 bits per heavy atom. The fraction of sp³-hybridized carbons (Fsp3) is 0.318. The fourth-order valence-corrected chi connectivity index (χ4v) is 3.05. The summed E-state index contributed by atoms with van der Waals surface area (Å²) < 4.78 is 4.40. The zero-order chi connectivity index (χ0) is 21.2. The number of fused-ring (bicyclic) bond motifs is 1. The second-order valence-electron chi connectivity index (χ2n) is 6.65. The highest BCUT2D eigenvalue weighted by Gasteiger charge is 2.13. The van der Waals surface area contributed by atoms with Crippen LogP contribution in [0.15, 0.2) is 47.5 Å². The largest absolute Gasteiger partial charge is 0.466 e. The van der Waals surface area contributed by atoms with Gasteiger partial charge in [-0.2, -0.15) is 0 Å². The SMILES string of the molecule is CCOC(C)=O.NC(N)=Nc1ccc(NC(=O)c2ccc3c(c2)CCCC3)cc1. The van der Waals surface area contributed by atoms with Crippen LogP contribution >= 0.6 is 0 Å². The van der Waals surface area contributed by atoms with Crippen molar-refractivity contribution in [2.24, 2.45) is 16.5 Å². The summed E-state index contributed by atoms with van der Waals surface area (Å²) in [7, 11) is 0. The number of nitrogens with two attached hydrogens (primary N) is 2. The van der Waals surface area contributed by atoms with E-state index in [0.29, 0.717) is 23.5 Å². The summed E-state index contributed by atoms with van der Waals surface area (Å²) in [6.07, 6.45) is 4.61. The van der Waals surface area contributed by atoms with Crippen LogP contribution in [0.1, 0.15) is 48.2 Å². The summed E-state index contributed by atoms with van der Waals surface area (Å²) in [6.45, 7) is 3.65. The number of anilines is 1. The van der Waals surface area contributed by atoms with E-state index in [4.69, 9.17) is 11.5 Å². The van der Waals surface area contributed by atoms with E-state index in [1.165, 1.54) is 30.9 Å². The van der Waals surface area contributed by atoms with Gasteiger partial charge in [0, 0.05) is 18.2 Å². The highest BCUT2D eigenvalue weighted by molar-refractivity contribution is 6.04. The van der Waals surface area contributed by atoms with E-state index in [-0.39, 0.29) is 17.8 Å². The van der Waals surface area contributed by atoms with Gasteiger partial charge in [-0.25, -0.2) is 4.99 Å². The number of guanidine groups is 1.